The van der Waals surface area contributed by atoms with Crippen LogP contribution in [0.4, 0.5) is 0 Å². The molecular weight excluding hydrogens is 362 g/mol. The number of hydrogen-bond donors (Lipinski definition) is 1. The van der Waals surface area contributed by atoms with Gasteiger partial charge in [-0.3, -0.25) is 9.59 Å². The summed E-state index contributed by atoms with van der Waals surface area (Å²) in [6.07, 6.45) is 1.68. The van der Waals surface area contributed by atoms with E-state index in [1.54, 1.807) is 41.3 Å². The highest BCUT2D eigenvalue weighted by molar-refractivity contribution is 6.46. The fourth-order valence-corrected chi connectivity index (χ4v) is 3.42. The van der Waals surface area contributed by atoms with Crippen LogP contribution in [0.15, 0.2) is 54.1 Å². The SMILES string of the molecule is CCCCN1C(=O)C(=O)/C(=C(\O)c2ccc(C)cc2)C1c1ccc(Cl)cc1. The molecular formula is C22H22ClNO3. The second-order valence-electron chi connectivity index (χ2n) is 6.76. The molecule has 27 heavy (non-hydrogen) atoms. The summed E-state index contributed by atoms with van der Waals surface area (Å²) in [7, 11) is 0. The van der Waals surface area contributed by atoms with Crippen molar-refractivity contribution >= 4 is 29.1 Å². The first-order valence-electron chi connectivity index (χ1n) is 9.05. The summed E-state index contributed by atoms with van der Waals surface area (Å²) in [6, 6.07) is 13.6. The minimum atomic E-state index is -0.649. The summed E-state index contributed by atoms with van der Waals surface area (Å²) in [5.41, 5.74) is 2.45. The Morgan fingerprint density at radius 2 is 1.70 bits per heavy atom. The van der Waals surface area contributed by atoms with Crippen LogP contribution in [0.1, 0.15) is 42.5 Å². The highest BCUT2D eigenvalue weighted by Crippen LogP contribution is 2.39. The number of aliphatic hydroxyl groups excluding tert-OH is 1. The summed E-state index contributed by atoms with van der Waals surface area (Å²) in [5.74, 6) is -1.37. The third-order valence-electron chi connectivity index (χ3n) is 4.80. The zero-order chi connectivity index (χ0) is 19.6. The lowest BCUT2D eigenvalue weighted by Gasteiger charge is -2.25. The van der Waals surface area contributed by atoms with E-state index < -0.39 is 17.7 Å². The zero-order valence-corrected chi connectivity index (χ0v) is 16.2. The van der Waals surface area contributed by atoms with Crippen LogP contribution in [-0.2, 0) is 9.59 Å². The van der Waals surface area contributed by atoms with Gasteiger partial charge in [-0.25, -0.2) is 0 Å². The molecule has 1 unspecified atom stereocenters. The molecule has 1 aliphatic rings. The lowest BCUT2D eigenvalue weighted by atomic mass is 9.95. The molecule has 0 saturated carbocycles. The highest BCUT2D eigenvalue weighted by Gasteiger charge is 2.45. The van der Waals surface area contributed by atoms with E-state index in [1.165, 1.54) is 0 Å². The zero-order valence-electron chi connectivity index (χ0n) is 15.4. The second kappa shape index (κ2) is 7.97. The van der Waals surface area contributed by atoms with Crippen LogP contribution in [0.25, 0.3) is 5.76 Å². The molecule has 1 saturated heterocycles. The summed E-state index contributed by atoms with van der Waals surface area (Å²) >= 11 is 6.00. The number of aliphatic hydroxyl groups is 1. The smallest absolute Gasteiger partial charge is 0.295 e. The predicted molar refractivity (Wildman–Crippen MR) is 107 cm³/mol. The van der Waals surface area contributed by atoms with Crippen LogP contribution in [0, 0.1) is 6.92 Å². The lowest BCUT2D eigenvalue weighted by molar-refractivity contribution is -0.139. The molecule has 1 aliphatic heterocycles. The van der Waals surface area contributed by atoms with Crippen LogP contribution >= 0.6 is 11.6 Å². The average Bonchev–Trinajstić information content (AvgIpc) is 2.91. The van der Waals surface area contributed by atoms with Gasteiger partial charge in [0, 0.05) is 17.1 Å². The number of ketones is 1. The van der Waals surface area contributed by atoms with Gasteiger partial charge in [0.1, 0.15) is 5.76 Å². The second-order valence-corrected chi connectivity index (χ2v) is 7.20. The van der Waals surface area contributed by atoms with E-state index in [0.717, 1.165) is 24.0 Å². The minimum Gasteiger partial charge on any atom is -0.507 e. The number of aryl methyl sites for hydroxylation is 1. The third-order valence-corrected chi connectivity index (χ3v) is 5.06. The number of hydrogen-bond acceptors (Lipinski definition) is 3. The number of Topliss-reactive ketones (excluding diaryl/α,β-unsaturated/α-hetero) is 1. The van der Waals surface area contributed by atoms with Gasteiger partial charge in [-0.2, -0.15) is 0 Å². The van der Waals surface area contributed by atoms with Crippen LogP contribution in [0.2, 0.25) is 5.02 Å². The number of rotatable bonds is 5. The number of unbranched alkanes of at least 4 members (excludes halogenated alkanes) is 1. The first-order chi connectivity index (χ1) is 12.9. The van der Waals surface area contributed by atoms with Crippen molar-refractivity contribution in [1.29, 1.82) is 0 Å². The Morgan fingerprint density at radius 3 is 2.30 bits per heavy atom. The van der Waals surface area contributed by atoms with Crippen molar-refractivity contribution in [1.82, 2.24) is 4.90 Å². The van der Waals surface area contributed by atoms with E-state index in [-0.39, 0.29) is 11.3 Å². The normalized spacial score (nSPS) is 18.9. The van der Waals surface area contributed by atoms with Crippen LogP contribution in [0.5, 0.6) is 0 Å². The topological polar surface area (TPSA) is 57.6 Å². The van der Waals surface area contributed by atoms with Crippen molar-refractivity contribution in [2.75, 3.05) is 6.54 Å². The fraction of sp³-hybridized carbons (Fsp3) is 0.273. The van der Waals surface area contributed by atoms with Gasteiger partial charge in [0.05, 0.1) is 11.6 Å². The van der Waals surface area contributed by atoms with Gasteiger partial charge in [0.25, 0.3) is 11.7 Å². The maximum Gasteiger partial charge on any atom is 0.295 e. The van der Waals surface area contributed by atoms with Crippen LogP contribution in [0.3, 0.4) is 0 Å². The molecule has 0 aliphatic carbocycles. The first kappa shape index (κ1) is 19.2. The predicted octanol–water partition coefficient (Wildman–Crippen LogP) is 4.87. The van der Waals surface area contributed by atoms with Gasteiger partial charge in [-0.1, -0.05) is 66.9 Å². The fourth-order valence-electron chi connectivity index (χ4n) is 3.30. The first-order valence-corrected chi connectivity index (χ1v) is 9.42. The number of benzene rings is 2. The highest BCUT2D eigenvalue weighted by atomic mass is 35.5. The molecule has 2 aromatic carbocycles. The quantitative estimate of drug-likeness (QED) is 0.455. The molecule has 0 aromatic heterocycles. The Balaban J connectivity index is 2.14. The number of carbonyl (C=O) groups excluding carboxylic acids is 2. The van der Waals surface area contributed by atoms with Crippen molar-refractivity contribution < 1.29 is 14.7 Å². The summed E-state index contributed by atoms with van der Waals surface area (Å²) in [6.45, 7) is 4.43. The molecule has 1 heterocycles. The van der Waals surface area contributed by atoms with Crippen molar-refractivity contribution in [2.24, 2.45) is 0 Å². The Morgan fingerprint density at radius 1 is 1.07 bits per heavy atom. The number of likely N-dealkylation sites (tertiary alicyclic amines) is 1. The number of nitrogens with zero attached hydrogens (tertiary/aromatic N) is 1. The van der Waals surface area contributed by atoms with E-state index in [1.807, 2.05) is 26.0 Å². The van der Waals surface area contributed by atoms with Crippen LogP contribution < -0.4 is 0 Å². The van der Waals surface area contributed by atoms with Crippen molar-refractivity contribution in [3.05, 3.63) is 75.8 Å². The maximum atomic E-state index is 12.8. The number of halogens is 1. The molecule has 140 valence electrons. The van der Waals surface area contributed by atoms with E-state index >= 15 is 0 Å². The Bertz CT molecular complexity index is 885. The van der Waals surface area contributed by atoms with Gasteiger partial charge in [0.15, 0.2) is 0 Å². The Labute approximate surface area is 164 Å². The average molecular weight is 384 g/mol. The molecule has 5 heteroatoms. The van der Waals surface area contributed by atoms with E-state index in [2.05, 4.69) is 0 Å². The summed E-state index contributed by atoms with van der Waals surface area (Å²) < 4.78 is 0. The Hall–Kier alpha value is -2.59. The van der Waals surface area contributed by atoms with Crippen molar-refractivity contribution in [2.45, 2.75) is 32.7 Å². The molecule has 0 radical (unpaired) electrons. The van der Waals surface area contributed by atoms with Gasteiger partial charge >= 0.3 is 0 Å². The van der Waals surface area contributed by atoms with Crippen molar-refractivity contribution in [3.8, 4) is 0 Å². The molecule has 2 aromatic rings. The van der Waals surface area contributed by atoms with Gasteiger partial charge in [0.2, 0.25) is 0 Å². The van der Waals surface area contributed by atoms with Gasteiger partial charge < -0.3 is 10.0 Å². The van der Waals surface area contributed by atoms with Crippen LogP contribution in [-0.4, -0.2) is 28.2 Å². The monoisotopic (exact) mass is 383 g/mol. The van der Waals surface area contributed by atoms with Crippen molar-refractivity contribution in [3.63, 3.8) is 0 Å². The standard InChI is InChI=1S/C22H22ClNO3/c1-3-4-13-24-19(15-9-11-17(23)12-10-15)18(21(26)22(24)27)20(25)16-7-5-14(2)6-8-16/h5-12,19,25H,3-4,13H2,1-2H3/b20-18-. The number of carbonyl (C=O) groups is 2. The molecule has 4 nitrogen and oxygen atoms in total. The van der Waals surface area contributed by atoms with E-state index in [4.69, 9.17) is 11.6 Å². The Kier molecular flexibility index (Phi) is 5.66. The molecule has 0 spiro atoms. The largest absolute Gasteiger partial charge is 0.507 e. The summed E-state index contributed by atoms with van der Waals surface area (Å²) in [4.78, 5) is 27.0. The minimum absolute atomic E-state index is 0.127. The van der Waals surface area contributed by atoms with E-state index in [9.17, 15) is 14.7 Å². The molecule has 3 rings (SSSR count). The number of amides is 1. The van der Waals surface area contributed by atoms with Gasteiger partial charge in [-0.05, 0) is 31.0 Å². The molecule has 1 fully saturated rings. The lowest BCUT2D eigenvalue weighted by Crippen LogP contribution is -2.30. The maximum absolute atomic E-state index is 12.8. The van der Waals surface area contributed by atoms with Gasteiger partial charge in [-0.15, -0.1) is 0 Å². The summed E-state index contributed by atoms with van der Waals surface area (Å²) in [5, 5.41) is 11.5. The molecule has 1 atom stereocenters. The molecule has 1 amide bonds. The van der Waals surface area contributed by atoms with E-state index in [0.29, 0.717) is 17.1 Å². The third kappa shape index (κ3) is 3.76. The molecule has 0 bridgehead atoms. The molecule has 1 N–H and O–H groups in total.